The zero-order chi connectivity index (χ0) is 11.1. The molecule has 3 nitrogen and oxygen atoms in total. The fourth-order valence-corrected chi connectivity index (χ4v) is 2.71. The topological polar surface area (TPSA) is 43.3 Å². The second-order valence-corrected chi connectivity index (χ2v) is 4.75. The van der Waals surface area contributed by atoms with Crippen molar-refractivity contribution < 1.29 is 0 Å². The Hall–Kier alpha value is -1.52. The van der Waals surface area contributed by atoms with Crippen LogP contribution in [0.25, 0.3) is 16.2 Å². The molecule has 0 aliphatic rings. The highest BCUT2D eigenvalue weighted by molar-refractivity contribution is 7.14. The third-order valence-corrected chi connectivity index (χ3v) is 3.65. The van der Waals surface area contributed by atoms with Crippen LogP contribution in [0.1, 0.15) is 0 Å². The van der Waals surface area contributed by atoms with Gasteiger partial charge in [0, 0.05) is 11.6 Å². The summed E-state index contributed by atoms with van der Waals surface area (Å²) >= 11 is 7.44. The first kappa shape index (κ1) is 9.69. The van der Waals surface area contributed by atoms with Crippen LogP contribution in [0.4, 0.5) is 5.82 Å². The summed E-state index contributed by atoms with van der Waals surface area (Å²) in [5.41, 5.74) is 7.69. The Bertz CT molecular complexity index is 656. The van der Waals surface area contributed by atoms with Gasteiger partial charge in [-0.2, -0.15) is 0 Å². The molecule has 0 saturated heterocycles. The number of thiophene rings is 1. The number of imidazole rings is 1. The lowest BCUT2D eigenvalue weighted by molar-refractivity contribution is 1.20. The van der Waals surface area contributed by atoms with Crippen molar-refractivity contribution in [3.63, 3.8) is 0 Å². The summed E-state index contributed by atoms with van der Waals surface area (Å²) in [6, 6.07) is 7.67. The number of hydrogen-bond donors (Lipinski definition) is 1. The number of pyridine rings is 1. The van der Waals surface area contributed by atoms with Gasteiger partial charge < -0.3 is 5.73 Å². The number of aromatic nitrogens is 2. The van der Waals surface area contributed by atoms with E-state index in [0.717, 1.165) is 21.2 Å². The van der Waals surface area contributed by atoms with Gasteiger partial charge in [0.25, 0.3) is 0 Å². The molecule has 3 aromatic rings. The van der Waals surface area contributed by atoms with Crippen LogP contribution in [0.3, 0.4) is 0 Å². The summed E-state index contributed by atoms with van der Waals surface area (Å²) < 4.78 is 1.86. The number of fused-ring (bicyclic) bond motifs is 1. The Morgan fingerprint density at radius 2 is 2.25 bits per heavy atom. The average Bonchev–Trinajstić information content (AvgIpc) is 2.84. The highest BCUT2D eigenvalue weighted by Gasteiger charge is 2.12. The van der Waals surface area contributed by atoms with Gasteiger partial charge in [-0.3, -0.25) is 4.40 Å². The van der Waals surface area contributed by atoms with E-state index < -0.39 is 0 Å². The molecule has 5 heteroatoms. The van der Waals surface area contributed by atoms with Gasteiger partial charge in [0.2, 0.25) is 0 Å². The molecule has 0 amide bonds. The predicted octanol–water partition coefficient (Wildman–Crippen LogP) is 3.30. The number of hydrogen-bond acceptors (Lipinski definition) is 3. The molecular weight excluding hydrogens is 242 g/mol. The lowest BCUT2D eigenvalue weighted by Crippen LogP contribution is -1.92. The minimum Gasteiger partial charge on any atom is -0.383 e. The average molecular weight is 250 g/mol. The molecule has 0 aliphatic heterocycles. The molecule has 16 heavy (non-hydrogen) atoms. The largest absolute Gasteiger partial charge is 0.383 e. The summed E-state index contributed by atoms with van der Waals surface area (Å²) in [4.78, 5) is 5.48. The molecule has 0 saturated carbocycles. The van der Waals surface area contributed by atoms with Gasteiger partial charge in [-0.15, -0.1) is 11.3 Å². The van der Waals surface area contributed by atoms with Crippen molar-refractivity contribution in [2.75, 3.05) is 5.73 Å². The van der Waals surface area contributed by atoms with E-state index in [1.807, 2.05) is 40.2 Å². The predicted molar refractivity (Wildman–Crippen MR) is 67.9 cm³/mol. The van der Waals surface area contributed by atoms with Crippen molar-refractivity contribution in [3.05, 3.63) is 40.9 Å². The molecule has 0 spiro atoms. The van der Waals surface area contributed by atoms with Crippen molar-refractivity contribution in [2.24, 2.45) is 0 Å². The summed E-state index contributed by atoms with van der Waals surface area (Å²) in [5, 5.41) is 2.59. The minimum atomic E-state index is 0.647. The standard InChI is InChI=1S/C11H8ClN3S/c12-7-5-8(16-6-7)10-11(13)15-4-2-1-3-9(15)14-10/h1-6H,13H2. The number of nitrogens with zero attached hydrogens (tertiary/aromatic N) is 2. The molecule has 0 radical (unpaired) electrons. The maximum absolute atomic E-state index is 6.04. The van der Waals surface area contributed by atoms with Gasteiger partial charge >= 0.3 is 0 Å². The van der Waals surface area contributed by atoms with Gasteiger partial charge in [0.15, 0.2) is 0 Å². The van der Waals surface area contributed by atoms with Crippen molar-refractivity contribution in [1.29, 1.82) is 0 Å². The molecular formula is C11H8ClN3S. The number of anilines is 1. The Morgan fingerprint density at radius 3 is 2.94 bits per heavy atom. The fraction of sp³-hybridized carbons (Fsp3) is 0. The number of nitrogen functional groups attached to an aromatic ring is 1. The lowest BCUT2D eigenvalue weighted by Gasteiger charge is -1.95. The van der Waals surface area contributed by atoms with Crippen LogP contribution in [0.15, 0.2) is 35.8 Å². The van der Waals surface area contributed by atoms with Crippen LogP contribution < -0.4 is 5.73 Å². The van der Waals surface area contributed by atoms with Crippen LogP contribution in [0.5, 0.6) is 0 Å². The van der Waals surface area contributed by atoms with Crippen LogP contribution in [-0.2, 0) is 0 Å². The molecule has 0 bridgehead atoms. The zero-order valence-corrected chi connectivity index (χ0v) is 9.79. The summed E-state index contributed by atoms with van der Waals surface area (Å²) in [5.74, 6) is 0.647. The first-order chi connectivity index (χ1) is 7.75. The highest BCUT2D eigenvalue weighted by atomic mass is 35.5. The third kappa shape index (κ3) is 1.38. The normalized spacial score (nSPS) is 11.1. The van der Waals surface area contributed by atoms with Crippen LogP contribution in [0, 0.1) is 0 Å². The Balaban J connectivity index is 2.28. The maximum Gasteiger partial charge on any atom is 0.139 e. The van der Waals surface area contributed by atoms with Gasteiger partial charge in [-0.05, 0) is 18.2 Å². The van der Waals surface area contributed by atoms with Gasteiger partial charge in [-0.25, -0.2) is 4.98 Å². The van der Waals surface area contributed by atoms with E-state index in [1.54, 1.807) is 11.3 Å². The monoisotopic (exact) mass is 249 g/mol. The summed E-state index contributed by atoms with van der Waals surface area (Å²) in [6.45, 7) is 0. The van der Waals surface area contributed by atoms with Crippen molar-refractivity contribution >= 4 is 34.4 Å². The van der Waals surface area contributed by atoms with E-state index in [9.17, 15) is 0 Å². The smallest absolute Gasteiger partial charge is 0.139 e. The number of rotatable bonds is 1. The lowest BCUT2D eigenvalue weighted by atomic mass is 10.3. The van der Waals surface area contributed by atoms with Gasteiger partial charge in [0.1, 0.15) is 17.2 Å². The first-order valence-electron chi connectivity index (χ1n) is 4.72. The zero-order valence-electron chi connectivity index (χ0n) is 8.22. The Kier molecular flexibility index (Phi) is 2.12. The van der Waals surface area contributed by atoms with Crippen molar-refractivity contribution in [1.82, 2.24) is 9.38 Å². The maximum atomic E-state index is 6.04. The minimum absolute atomic E-state index is 0.647. The molecule has 3 heterocycles. The molecule has 0 aromatic carbocycles. The SMILES string of the molecule is Nc1c(-c2cc(Cl)cs2)nc2ccccn12. The van der Waals surface area contributed by atoms with E-state index in [-0.39, 0.29) is 0 Å². The Morgan fingerprint density at radius 1 is 1.38 bits per heavy atom. The molecule has 0 atom stereocenters. The summed E-state index contributed by atoms with van der Waals surface area (Å²) in [6.07, 6.45) is 1.90. The molecule has 3 aromatic heterocycles. The quantitative estimate of drug-likeness (QED) is 0.719. The van der Waals surface area contributed by atoms with E-state index >= 15 is 0 Å². The van der Waals surface area contributed by atoms with Crippen LogP contribution >= 0.6 is 22.9 Å². The molecule has 0 aliphatic carbocycles. The van der Waals surface area contributed by atoms with Crippen LogP contribution in [0.2, 0.25) is 5.02 Å². The van der Waals surface area contributed by atoms with Crippen LogP contribution in [-0.4, -0.2) is 9.38 Å². The van der Waals surface area contributed by atoms with Gasteiger partial charge in [-0.1, -0.05) is 17.7 Å². The van der Waals surface area contributed by atoms with Crippen molar-refractivity contribution in [2.45, 2.75) is 0 Å². The third-order valence-electron chi connectivity index (χ3n) is 2.37. The number of nitrogens with two attached hydrogens (primary N) is 1. The van der Waals surface area contributed by atoms with E-state index in [1.165, 1.54) is 0 Å². The second kappa shape index (κ2) is 3.50. The molecule has 0 fully saturated rings. The van der Waals surface area contributed by atoms with Gasteiger partial charge in [0.05, 0.1) is 9.90 Å². The molecule has 80 valence electrons. The van der Waals surface area contributed by atoms with E-state index in [2.05, 4.69) is 4.98 Å². The molecule has 0 unspecified atom stereocenters. The number of halogens is 1. The summed E-state index contributed by atoms with van der Waals surface area (Å²) in [7, 11) is 0. The fourth-order valence-electron chi connectivity index (χ4n) is 1.63. The second-order valence-electron chi connectivity index (χ2n) is 3.40. The van der Waals surface area contributed by atoms with E-state index in [4.69, 9.17) is 17.3 Å². The Labute approximate surface area is 101 Å². The van der Waals surface area contributed by atoms with E-state index in [0.29, 0.717) is 5.82 Å². The van der Waals surface area contributed by atoms with Crippen molar-refractivity contribution in [3.8, 4) is 10.6 Å². The molecule has 2 N–H and O–H groups in total. The first-order valence-corrected chi connectivity index (χ1v) is 5.98. The molecule has 3 rings (SSSR count). The highest BCUT2D eigenvalue weighted by Crippen LogP contribution is 2.33.